The second kappa shape index (κ2) is 45.8. The summed E-state index contributed by atoms with van der Waals surface area (Å²) in [7, 11) is 0. The van der Waals surface area contributed by atoms with Crippen LogP contribution in [-0.2, 0) is 95.9 Å². The minimum atomic E-state index is -1.89. The van der Waals surface area contributed by atoms with Gasteiger partial charge in [0.1, 0.15) is 86.6 Å². The fourth-order valence-corrected chi connectivity index (χ4v) is 12.3. The van der Waals surface area contributed by atoms with Gasteiger partial charge in [-0.1, -0.05) is 62.3 Å². The molecule has 0 aromatic carbocycles. The lowest BCUT2D eigenvalue weighted by Gasteiger charge is -2.35. The number of nitrogens with zero attached hydrogens (tertiary/aromatic N) is 1. The zero-order valence-electron chi connectivity index (χ0n) is 75.5. The topological polar surface area (TPSA) is 621 Å². The number of aliphatic hydroxyl groups excluding tert-OH is 1. The van der Waals surface area contributed by atoms with Crippen molar-refractivity contribution in [1.29, 1.82) is 0 Å². The average Bonchev–Trinajstić information content (AvgIpc) is 1.20. The van der Waals surface area contributed by atoms with Crippen LogP contribution < -0.4 is 102 Å². The van der Waals surface area contributed by atoms with E-state index in [-0.39, 0.29) is 62.8 Å². The minimum Gasteiger partial charge on any atom is -0.394 e. The molecule has 1 fully saturated rings. The van der Waals surface area contributed by atoms with Crippen molar-refractivity contribution in [2.75, 3.05) is 26.2 Å². The Morgan fingerprint density at radius 3 is 1.22 bits per heavy atom. The van der Waals surface area contributed by atoms with Crippen LogP contribution in [0.25, 0.3) is 0 Å². The Bertz CT molecular complexity index is 3790. The van der Waals surface area contributed by atoms with Crippen molar-refractivity contribution >= 4 is 118 Å². The van der Waals surface area contributed by atoms with Crippen molar-refractivity contribution in [3.05, 3.63) is 0 Å². The number of aliphatic hydroxyl groups is 1. The van der Waals surface area contributed by atoms with Crippen molar-refractivity contribution < 1.29 is 101 Å². The molecule has 0 saturated carbocycles. The largest absolute Gasteiger partial charge is 0.394 e. The summed E-state index contributed by atoms with van der Waals surface area (Å²) in [5.41, 5.74) is -3.03. The Morgan fingerprint density at radius 1 is 0.397 bits per heavy atom. The van der Waals surface area contributed by atoms with Crippen molar-refractivity contribution in [3.63, 3.8) is 0 Å². The van der Waals surface area contributed by atoms with Gasteiger partial charge in [-0.25, -0.2) is 0 Å². The normalized spacial score (nSPS) is 15.6. The van der Waals surface area contributed by atoms with Gasteiger partial charge in [-0.2, -0.15) is 0 Å². The van der Waals surface area contributed by atoms with E-state index in [1.165, 1.54) is 130 Å². The van der Waals surface area contributed by atoms with Gasteiger partial charge in [0, 0.05) is 26.3 Å². The molecule has 1 heterocycles. The first-order valence-electron chi connectivity index (χ1n) is 40.9. The molecule has 1 saturated heterocycles. The van der Waals surface area contributed by atoms with Gasteiger partial charge < -0.3 is 112 Å². The highest BCUT2D eigenvalue weighted by molar-refractivity contribution is 6.04. The maximum Gasteiger partial charge on any atom is 0.248 e. The Morgan fingerprint density at radius 2 is 0.777 bits per heavy atom. The lowest BCUT2D eigenvalue weighted by molar-refractivity contribution is -0.145. The standard InChI is InChI=1S/C80H140N20O21/c1-27-80(26,99-70(119)78(22,23)93-58(107)45(10)85-55(105)38-83-65(114)73(12,13)92-46(11)102)71(120)90-49(31-33-54(82)104)60(109)94-75(16,17)68(117)91-57(44(8)9)64(113)97-74(14,15)66(115)84-39-56(106)87-50(36-42(4)5)61(110)96-79(24,25)72(121)100-34-28-29-52(100)63(112)88-51(37-43(6)7)62(111)95-77(20,21)69(118)98-76(18,19)67(116)89-48(30-32-53(81)103)59(108)86-47(40-101)35-41(2)3/h41-45,47-52,57,101H,27-40H2,1-26H3,(H2,81,103)(H2,82,104)(H,83,114)(H,84,115)(H,85,105)(H,86,108)(H,87,106)(H,88,112)(H,89,116)(H,90,120)(H,91,117)(H,92,102)(H,93,107)(H,94,109)(H,95,111)(H,96,110)(H,97,113)(H,98,118)(H,99,119). The lowest BCUT2D eigenvalue weighted by Crippen LogP contribution is -2.67. The number of carbonyl (C=O) groups is 20. The third-order valence-electron chi connectivity index (χ3n) is 19.9. The van der Waals surface area contributed by atoms with Gasteiger partial charge in [-0.3, -0.25) is 95.9 Å². The molecule has 9 atom stereocenters. The van der Waals surface area contributed by atoms with Gasteiger partial charge in [0.2, 0.25) is 118 Å². The quantitative estimate of drug-likeness (QED) is 0.0281. The maximum atomic E-state index is 14.5. The second-order valence-electron chi connectivity index (χ2n) is 36.6. The molecule has 9 unspecified atom stereocenters. The lowest BCUT2D eigenvalue weighted by atomic mass is 9.93. The Balaban J connectivity index is 3.22. The molecule has 22 N–H and O–H groups in total. The Labute approximate surface area is 709 Å². The highest BCUT2D eigenvalue weighted by Gasteiger charge is 2.47. The summed E-state index contributed by atoms with van der Waals surface area (Å²) in [6.07, 6.45) is -0.433. The van der Waals surface area contributed by atoms with Crippen LogP contribution in [0.3, 0.4) is 0 Å². The molecule has 20 amide bonds. The first kappa shape index (κ1) is 108. The van der Waals surface area contributed by atoms with Crippen molar-refractivity contribution in [2.24, 2.45) is 35.1 Å². The van der Waals surface area contributed by atoms with Gasteiger partial charge in [0.05, 0.1) is 25.7 Å². The fourth-order valence-electron chi connectivity index (χ4n) is 12.3. The number of primary amides is 2. The van der Waals surface area contributed by atoms with Crippen LogP contribution in [-0.4, -0.2) is 247 Å². The Kier molecular flexibility index (Phi) is 41.1. The number of amides is 20. The van der Waals surface area contributed by atoms with E-state index >= 15 is 0 Å². The zero-order valence-corrected chi connectivity index (χ0v) is 75.5. The van der Waals surface area contributed by atoms with Gasteiger partial charge in [0.25, 0.3) is 0 Å². The van der Waals surface area contributed by atoms with E-state index in [0.29, 0.717) is 12.8 Å². The summed E-state index contributed by atoms with van der Waals surface area (Å²) in [5.74, 6) is -17.2. The van der Waals surface area contributed by atoms with Crippen LogP contribution in [0, 0.1) is 23.7 Å². The summed E-state index contributed by atoms with van der Waals surface area (Å²) in [6.45, 7) is 36.7. The summed E-state index contributed by atoms with van der Waals surface area (Å²) in [4.78, 5) is 271. The van der Waals surface area contributed by atoms with E-state index in [2.05, 4.69) is 90.4 Å². The summed E-state index contributed by atoms with van der Waals surface area (Å²) < 4.78 is 0. The number of nitrogens with one attached hydrogen (secondary N) is 17. The number of nitrogens with two attached hydrogens (primary N) is 2. The summed E-state index contributed by atoms with van der Waals surface area (Å²) in [5, 5.41) is 53.3. The molecule has 0 bridgehead atoms. The van der Waals surface area contributed by atoms with Crippen LogP contribution in [0.5, 0.6) is 0 Å². The fraction of sp³-hybridized carbons (Fsp3) is 0.750. The highest BCUT2D eigenvalue weighted by atomic mass is 16.3. The predicted molar refractivity (Wildman–Crippen MR) is 445 cm³/mol. The molecule has 1 aliphatic heterocycles. The van der Waals surface area contributed by atoms with Gasteiger partial charge in [-0.15, -0.1) is 0 Å². The molecule has 686 valence electrons. The van der Waals surface area contributed by atoms with E-state index in [0.717, 1.165) is 0 Å². The zero-order chi connectivity index (χ0) is 94.0. The van der Waals surface area contributed by atoms with E-state index in [9.17, 15) is 101 Å². The van der Waals surface area contributed by atoms with Crippen LogP contribution in [0.4, 0.5) is 0 Å². The number of hydrogen-bond acceptors (Lipinski definition) is 21. The van der Waals surface area contributed by atoms with E-state index in [1.807, 2.05) is 13.8 Å². The summed E-state index contributed by atoms with van der Waals surface area (Å²) in [6, 6.07) is -9.89. The molecule has 1 aliphatic rings. The molecule has 0 aromatic heterocycles. The van der Waals surface area contributed by atoms with Crippen LogP contribution >= 0.6 is 0 Å². The maximum absolute atomic E-state index is 14.5. The first-order chi connectivity index (χ1) is 55.1. The van der Waals surface area contributed by atoms with Gasteiger partial charge in [0.15, 0.2) is 0 Å². The molecule has 0 radical (unpaired) electrons. The van der Waals surface area contributed by atoms with Gasteiger partial charge in [-0.05, 0) is 186 Å². The van der Waals surface area contributed by atoms with Crippen molar-refractivity contribution in [2.45, 2.75) is 337 Å². The molecule has 0 aliphatic carbocycles. The number of carbonyl (C=O) groups excluding carboxylic acids is 20. The summed E-state index contributed by atoms with van der Waals surface area (Å²) >= 11 is 0. The third kappa shape index (κ3) is 35.5. The smallest absolute Gasteiger partial charge is 0.248 e. The Hall–Kier alpha value is -10.6. The van der Waals surface area contributed by atoms with E-state index in [4.69, 9.17) is 11.5 Å². The van der Waals surface area contributed by atoms with Crippen molar-refractivity contribution in [1.82, 2.24) is 95.3 Å². The molecular weight excluding hydrogens is 1580 g/mol. The number of likely N-dealkylation sites (tertiary alicyclic amines) is 1. The highest BCUT2D eigenvalue weighted by Crippen LogP contribution is 2.25. The van der Waals surface area contributed by atoms with Gasteiger partial charge >= 0.3 is 0 Å². The van der Waals surface area contributed by atoms with Crippen molar-refractivity contribution in [3.8, 4) is 0 Å². The molecule has 0 spiro atoms. The molecule has 0 aromatic rings. The van der Waals surface area contributed by atoms with E-state index < -0.39 is 249 Å². The first-order valence-corrected chi connectivity index (χ1v) is 40.9. The molecule has 1 rings (SSSR count). The molecular formula is C80H140N20O21. The molecule has 41 heteroatoms. The second-order valence-corrected chi connectivity index (χ2v) is 36.6. The number of hydrogen-bond donors (Lipinski definition) is 20. The average molecular weight is 1720 g/mol. The monoisotopic (exact) mass is 1720 g/mol. The molecule has 121 heavy (non-hydrogen) atoms. The van der Waals surface area contributed by atoms with Crippen LogP contribution in [0.1, 0.15) is 244 Å². The third-order valence-corrected chi connectivity index (χ3v) is 19.9. The minimum absolute atomic E-state index is 0.0337. The molecule has 41 nitrogen and oxygen atoms in total. The SMILES string of the molecule is CCC(C)(NC(=O)C(C)(C)NC(=O)C(C)NC(=O)CNC(=O)C(C)(C)NC(C)=O)C(=O)NC(CCC(N)=O)C(=O)NC(C)(C)C(=O)NC(C(=O)NC(C)(C)C(=O)NCC(=O)NC(CC(C)C)C(=O)NC(C)(C)C(=O)N1CCCC1C(=O)NC(CC(C)C)C(=O)NC(C)(C)C(=O)NC(C)(C)C(=O)NC(CCC(N)=O)C(=O)NC(CO)CC(C)C)C(C)C. The predicted octanol–water partition coefficient (Wildman–Crippen LogP) is -3.49. The van der Waals surface area contributed by atoms with Crippen LogP contribution in [0.15, 0.2) is 0 Å². The van der Waals surface area contributed by atoms with Crippen LogP contribution in [0.2, 0.25) is 0 Å². The van der Waals surface area contributed by atoms with E-state index in [1.54, 1.807) is 41.5 Å². The number of rotatable bonds is 49.